The molecule has 0 bridgehead atoms. The quantitative estimate of drug-likeness (QED) is 0.832. The van der Waals surface area contributed by atoms with Gasteiger partial charge in [-0.3, -0.25) is 4.90 Å². The summed E-state index contributed by atoms with van der Waals surface area (Å²) in [7, 11) is 0. The van der Waals surface area contributed by atoms with Crippen molar-refractivity contribution in [1.82, 2.24) is 14.9 Å². The molecule has 0 aliphatic rings. The van der Waals surface area contributed by atoms with E-state index in [1.54, 1.807) is 12.5 Å². The van der Waals surface area contributed by atoms with Gasteiger partial charge < -0.3 is 5.73 Å². The van der Waals surface area contributed by atoms with Crippen LogP contribution in [0.1, 0.15) is 11.3 Å². The molecule has 4 nitrogen and oxygen atoms in total. The number of nitrogens with zero attached hydrogens (tertiary/aromatic N) is 3. The summed E-state index contributed by atoms with van der Waals surface area (Å²) < 4.78 is 0. The van der Waals surface area contributed by atoms with E-state index in [1.165, 1.54) is 5.56 Å². The molecule has 0 fully saturated rings. The maximum atomic E-state index is 5.66. The third kappa shape index (κ3) is 3.91. The number of hydrogen-bond acceptors (Lipinski definition) is 4. The highest BCUT2D eigenvalue weighted by Crippen LogP contribution is 2.07. The number of benzene rings is 1. The molecule has 94 valence electrons. The van der Waals surface area contributed by atoms with Crippen molar-refractivity contribution in [3.63, 3.8) is 0 Å². The molecule has 1 heterocycles. The van der Waals surface area contributed by atoms with Gasteiger partial charge in [0.25, 0.3) is 0 Å². The molecule has 4 heteroatoms. The summed E-state index contributed by atoms with van der Waals surface area (Å²) in [6, 6.07) is 12.3. The Morgan fingerprint density at radius 3 is 2.56 bits per heavy atom. The lowest BCUT2D eigenvalue weighted by molar-refractivity contribution is 0.261. The van der Waals surface area contributed by atoms with E-state index < -0.39 is 0 Å². The molecule has 2 N–H and O–H groups in total. The number of aromatic nitrogens is 2. The third-order valence-electron chi connectivity index (χ3n) is 2.72. The predicted octanol–water partition coefficient (Wildman–Crippen LogP) is 1.44. The summed E-state index contributed by atoms with van der Waals surface area (Å²) in [5, 5.41) is 0. The Balaban J connectivity index is 2.00. The summed E-state index contributed by atoms with van der Waals surface area (Å²) in [6.07, 6.45) is 3.35. The summed E-state index contributed by atoms with van der Waals surface area (Å²) >= 11 is 0. The van der Waals surface area contributed by atoms with E-state index in [2.05, 4.69) is 39.1 Å². The Bertz CT molecular complexity index is 402. The SMILES string of the molecule is NCCN(Cc1ccccc1)Cc1ccncn1. The standard InChI is InChI=1S/C14H18N4/c15-7-9-18(10-13-4-2-1-3-5-13)11-14-6-8-16-12-17-14/h1-6,8,12H,7,9-11,15H2. The van der Waals surface area contributed by atoms with Crippen LogP contribution >= 0.6 is 0 Å². The molecule has 0 amide bonds. The van der Waals surface area contributed by atoms with Gasteiger partial charge in [-0.05, 0) is 11.6 Å². The Morgan fingerprint density at radius 2 is 1.89 bits per heavy atom. The van der Waals surface area contributed by atoms with Gasteiger partial charge in [-0.2, -0.15) is 0 Å². The fourth-order valence-corrected chi connectivity index (χ4v) is 1.88. The summed E-state index contributed by atoms with van der Waals surface area (Å²) in [4.78, 5) is 10.5. The summed E-state index contributed by atoms with van der Waals surface area (Å²) in [6.45, 7) is 3.20. The first kappa shape index (κ1) is 12.7. The monoisotopic (exact) mass is 242 g/mol. The van der Waals surface area contributed by atoms with E-state index in [4.69, 9.17) is 5.73 Å². The summed E-state index contributed by atoms with van der Waals surface area (Å²) in [5.74, 6) is 0. The van der Waals surface area contributed by atoms with Crippen molar-refractivity contribution in [2.45, 2.75) is 13.1 Å². The highest BCUT2D eigenvalue weighted by atomic mass is 15.1. The van der Waals surface area contributed by atoms with Gasteiger partial charge in [-0.25, -0.2) is 9.97 Å². The van der Waals surface area contributed by atoms with E-state index in [1.807, 2.05) is 12.1 Å². The van der Waals surface area contributed by atoms with Crippen LogP contribution in [0.2, 0.25) is 0 Å². The number of hydrogen-bond donors (Lipinski definition) is 1. The zero-order valence-corrected chi connectivity index (χ0v) is 10.4. The Hall–Kier alpha value is -1.78. The second kappa shape index (κ2) is 6.83. The van der Waals surface area contributed by atoms with Crippen LogP contribution in [0, 0.1) is 0 Å². The maximum Gasteiger partial charge on any atom is 0.115 e. The molecule has 0 radical (unpaired) electrons. The zero-order valence-electron chi connectivity index (χ0n) is 10.4. The van der Waals surface area contributed by atoms with E-state index in [0.717, 1.165) is 25.3 Å². The minimum absolute atomic E-state index is 0.651. The summed E-state index contributed by atoms with van der Waals surface area (Å²) in [5.41, 5.74) is 7.98. The smallest absolute Gasteiger partial charge is 0.115 e. The van der Waals surface area contributed by atoms with Crippen molar-refractivity contribution in [3.8, 4) is 0 Å². The molecule has 1 aromatic carbocycles. The molecule has 0 aliphatic heterocycles. The Kier molecular flexibility index (Phi) is 4.81. The first-order valence-corrected chi connectivity index (χ1v) is 6.09. The van der Waals surface area contributed by atoms with Crippen molar-refractivity contribution in [2.75, 3.05) is 13.1 Å². The van der Waals surface area contributed by atoms with Gasteiger partial charge in [0, 0.05) is 32.4 Å². The van der Waals surface area contributed by atoms with Crippen molar-refractivity contribution in [2.24, 2.45) is 5.73 Å². The molecule has 0 saturated heterocycles. The fraction of sp³-hybridized carbons (Fsp3) is 0.286. The van der Waals surface area contributed by atoms with E-state index in [9.17, 15) is 0 Å². The number of nitrogens with two attached hydrogens (primary N) is 1. The topological polar surface area (TPSA) is 55.0 Å². The largest absolute Gasteiger partial charge is 0.329 e. The van der Waals surface area contributed by atoms with Gasteiger partial charge in [0.1, 0.15) is 6.33 Å². The minimum atomic E-state index is 0.651. The molecule has 1 aromatic heterocycles. The van der Waals surface area contributed by atoms with Gasteiger partial charge in [0.05, 0.1) is 5.69 Å². The number of rotatable bonds is 6. The molecule has 18 heavy (non-hydrogen) atoms. The Labute approximate surface area is 107 Å². The third-order valence-corrected chi connectivity index (χ3v) is 2.72. The lowest BCUT2D eigenvalue weighted by Crippen LogP contribution is -2.29. The van der Waals surface area contributed by atoms with E-state index >= 15 is 0 Å². The van der Waals surface area contributed by atoms with Crippen LogP contribution in [0.3, 0.4) is 0 Å². The van der Waals surface area contributed by atoms with Crippen molar-refractivity contribution in [1.29, 1.82) is 0 Å². The lowest BCUT2D eigenvalue weighted by atomic mass is 10.2. The average Bonchev–Trinajstić information content (AvgIpc) is 2.41. The Morgan fingerprint density at radius 1 is 1.06 bits per heavy atom. The van der Waals surface area contributed by atoms with Gasteiger partial charge in [0.2, 0.25) is 0 Å². The van der Waals surface area contributed by atoms with Crippen molar-refractivity contribution >= 4 is 0 Å². The van der Waals surface area contributed by atoms with Gasteiger partial charge in [-0.15, -0.1) is 0 Å². The van der Waals surface area contributed by atoms with Crippen LogP contribution in [0.15, 0.2) is 48.9 Å². The van der Waals surface area contributed by atoms with Crippen LogP contribution in [0.25, 0.3) is 0 Å². The zero-order chi connectivity index (χ0) is 12.6. The molecule has 2 aromatic rings. The highest BCUT2D eigenvalue weighted by molar-refractivity contribution is 5.14. The van der Waals surface area contributed by atoms with E-state index in [-0.39, 0.29) is 0 Å². The molecular weight excluding hydrogens is 224 g/mol. The van der Waals surface area contributed by atoms with Gasteiger partial charge in [-0.1, -0.05) is 30.3 Å². The van der Waals surface area contributed by atoms with Crippen molar-refractivity contribution in [3.05, 3.63) is 60.2 Å². The van der Waals surface area contributed by atoms with Crippen LogP contribution in [0.5, 0.6) is 0 Å². The highest BCUT2D eigenvalue weighted by Gasteiger charge is 2.06. The lowest BCUT2D eigenvalue weighted by Gasteiger charge is -2.21. The normalized spacial score (nSPS) is 10.8. The molecule has 2 rings (SSSR count). The van der Waals surface area contributed by atoms with Crippen LogP contribution in [0.4, 0.5) is 0 Å². The van der Waals surface area contributed by atoms with E-state index in [0.29, 0.717) is 6.54 Å². The fourth-order valence-electron chi connectivity index (χ4n) is 1.88. The first-order chi connectivity index (χ1) is 8.88. The molecule has 0 aliphatic carbocycles. The molecule has 0 unspecified atom stereocenters. The predicted molar refractivity (Wildman–Crippen MR) is 71.6 cm³/mol. The molecule has 0 saturated carbocycles. The molecule has 0 spiro atoms. The first-order valence-electron chi connectivity index (χ1n) is 6.09. The molecule has 0 atom stereocenters. The maximum absolute atomic E-state index is 5.66. The minimum Gasteiger partial charge on any atom is -0.329 e. The van der Waals surface area contributed by atoms with Gasteiger partial charge >= 0.3 is 0 Å². The van der Waals surface area contributed by atoms with Crippen LogP contribution in [-0.2, 0) is 13.1 Å². The van der Waals surface area contributed by atoms with Crippen LogP contribution < -0.4 is 5.73 Å². The van der Waals surface area contributed by atoms with Crippen molar-refractivity contribution < 1.29 is 0 Å². The second-order valence-corrected chi connectivity index (χ2v) is 4.19. The van der Waals surface area contributed by atoms with Gasteiger partial charge in [0.15, 0.2) is 0 Å². The average molecular weight is 242 g/mol. The second-order valence-electron chi connectivity index (χ2n) is 4.19. The van der Waals surface area contributed by atoms with Crippen LogP contribution in [-0.4, -0.2) is 28.0 Å². The molecular formula is C14H18N4.